The van der Waals surface area contributed by atoms with Crippen molar-refractivity contribution in [2.24, 2.45) is 0 Å². The molecule has 1 aromatic carbocycles. The molecule has 0 atom stereocenters. The summed E-state index contributed by atoms with van der Waals surface area (Å²) < 4.78 is 0. The van der Waals surface area contributed by atoms with Crippen molar-refractivity contribution in [1.29, 1.82) is 0 Å². The van der Waals surface area contributed by atoms with Crippen LogP contribution in [0.2, 0.25) is 0 Å². The van der Waals surface area contributed by atoms with Crippen LogP contribution in [0.4, 0.5) is 0 Å². The summed E-state index contributed by atoms with van der Waals surface area (Å²) in [6.45, 7) is 11.9. The van der Waals surface area contributed by atoms with Crippen LogP contribution in [-0.2, 0) is 6.42 Å². The third-order valence-electron chi connectivity index (χ3n) is 2.29. The summed E-state index contributed by atoms with van der Waals surface area (Å²) in [6, 6.07) is 8.62. The maximum absolute atomic E-state index is 3.92. The Hall–Kier alpha value is -1.30. The first-order valence-corrected chi connectivity index (χ1v) is 4.99. The Balaban J connectivity index is 2.64. The Kier molecular flexibility index (Phi) is 3.70. The van der Waals surface area contributed by atoms with Crippen LogP contribution < -0.4 is 0 Å². The van der Waals surface area contributed by atoms with Crippen LogP contribution in [0.5, 0.6) is 0 Å². The molecule has 0 heterocycles. The lowest BCUT2D eigenvalue weighted by molar-refractivity contribution is 0.946. The molecule has 0 aliphatic heterocycles. The van der Waals surface area contributed by atoms with Gasteiger partial charge in [0.2, 0.25) is 0 Å². The van der Waals surface area contributed by atoms with Crippen molar-refractivity contribution in [3.63, 3.8) is 0 Å². The normalized spacial score (nSPS) is 9.86. The van der Waals surface area contributed by atoms with Gasteiger partial charge in [0.25, 0.3) is 0 Å². The summed E-state index contributed by atoms with van der Waals surface area (Å²) in [6.07, 6.45) is 2.16. The van der Waals surface area contributed by atoms with E-state index in [2.05, 4.69) is 44.3 Å². The second-order valence-electron chi connectivity index (χ2n) is 3.93. The predicted molar refractivity (Wildman–Crippen MR) is 64.3 cm³/mol. The minimum atomic E-state index is 1.08. The first kappa shape index (κ1) is 10.8. The van der Waals surface area contributed by atoms with E-state index in [1.807, 2.05) is 6.92 Å². The minimum absolute atomic E-state index is 1.08. The fraction of sp³-hybridized carbons (Fsp3) is 0.286. The van der Waals surface area contributed by atoms with Gasteiger partial charge in [0.05, 0.1) is 0 Å². The smallest absolute Gasteiger partial charge is 0.0233 e. The van der Waals surface area contributed by atoms with Gasteiger partial charge in [-0.05, 0) is 37.8 Å². The highest BCUT2D eigenvalue weighted by molar-refractivity contribution is 5.61. The Morgan fingerprint density at radius 3 is 2.07 bits per heavy atom. The zero-order valence-corrected chi connectivity index (χ0v) is 9.14. The molecule has 0 N–H and O–H groups in total. The number of allylic oxidation sites excluding steroid dienone is 2. The van der Waals surface area contributed by atoms with Gasteiger partial charge >= 0.3 is 0 Å². The standard InChI is InChI=1S/C14H18/c1-11(2)5-6-13-7-9-14(10-8-13)12(3)4/h7-10H,1,3,5-6H2,2,4H3. The molecular weight excluding hydrogens is 168 g/mol. The highest BCUT2D eigenvalue weighted by atomic mass is 14.0. The van der Waals surface area contributed by atoms with Crippen LogP contribution in [-0.4, -0.2) is 0 Å². The maximum Gasteiger partial charge on any atom is -0.0233 e. The maximum atomic E-state index is 3.92. The minimum Gasteiger partial charge on any atom is -0.100 e. The van der Waals surface area contributed by atoms with Crippen molar-refractivity contribution >= 4 is 5.57 Å². The molecule has 1 rings (SSSR count). The van der Waals surface area contributed by atoms with Gasteiger partial charge in [0.15, 0.2) is 0 Å². The van der Waals surface area contributed by atoms with Crippen LogP contribution in [0.1, 0.15) is 31.4 Å². The number of hydrogen-bond acceptors (Lipinski definition) is 0. The predicted octanol–water partition coefficient (Wildman–Crippen LogP) is 4.23. The average molecular weight is 186 g/mol. The van der Waals surface area contributed by atoms with E-state index in [1.165, 1.54) is 16.7 Å². The topological polar surface area (TPSA) is 0 Å². The van der Waals surface area contributed by atoms with Crippen molar-refractivity contribution in [3.8, 4) is 0 Å². The Bertz CT molecular complexity index is 328. The molecule has 0 saturated heterocycles. The van der Waals surface area contributed by atoms with E-state index in [0.29, 0.717) is 0 Å². The molecule has 0 saturated carbocycles. The van der Waals surface area contributed by atoms with Crippen LogP contribution in [0.25, 0.3) is 5.57 Å². The van der Waals surface area contributed by atoms with Crippen LogP contribution in [0.15, 0.2) is 43.0 Å². The van der Waals surface area contributed by atoms with E-state index in [9.17, 15) is 0 Å². The van der Waals surface area contributed by atoms with E-state index in [0.717, 1.165) is 18.4 Å². The zero-order valence-electron chi connectivity index (χ0n) is 9.14. The molecule has 0 radical (unpaired) electrons. The summed E-state index contributed by atoms with van der Waals surface area (Å²) in [5.74, 6) is 0. The Morgan fingerprint density at radius 1 is 1.07 bits per heavy atom. The van der Waals surface area contributed by atoms with E-state index >= 15 is 0 Å². The van der Waals surface area contributed by atoms with Crippen molar-refractivity contribution in [2.75, 3.05) is 0 Å². The van der Waals surface area contributed by atoms with Crippen LogP contribution in [0, 0.1) is 0 Å². The van der Waals surface area contributed by atoms with E-state index in [4.69, 9.17) is 0 Å². The lowest BCUT2D eigenvalue weighted by Crippen LogP contribution is -1.86. The average Bonchev–Trinajstić information content (AvgIpc) is 2.15. The number of hydrogen-bond donors (Lipinski definition) is 0. The zero-order chi connectivity index (χ0) is 10.6. The quantitative estimate of drug-likeness (QED) is 0.617. The molecule has 0 aromatic heterocycles. The van der Waals surface area contributed by atoms with E-state index in [1.54, 1.807) is 0 Å². The summed E-state index contributed by atoms with van der Waals surface area (Å²) in [5.41, 5.74) is 4.97. The molecule has 0 fully saturated rings. The van der Waals surface area contributed by atoms with Crippen LogP contribution >= 0.6 is 0 Å². The van der Waals surface area contributed by atoms with Gasteiger partial charge in [0, 0.05) is 0 Å². The summed E-state index contributed by atoms with van der Waals surface area (Å²) in [7, 11) is 0. The molecule has 0 heteroatoms. The van der Waals surface area contributed by atoms with Crippen molar-refractivity contribution < 1.29 is 0 Å². The molecule has 0 amide bonds. The van der Waals surface area contributed by atoms with E-state index in [-0.39, 0.29) is 0 Å². The van der Waals surface area contributed by atoms with E-state index < -0.39 is 0 Å². The monoisotopic (exact) mass is 186 g/mol. The lowest BCUT2D eigenvalue weighted by Gasteiger charge is -2.03. The molecule has 1 aromatic rings. The van der Waals surface area contributed by atoms with Crippen molar-refractivity contribution in [1.82, 2.24) is 0 Å². The van der Waals surface area contributed by atoms with Crippen molar-refractivity contribution in [2.45, 2.75) is 26.7 Å². The molecule has 0 bridgehead atoms. The molecule has 0 unspecified atom stereocenters. The van der Waals surface area contributed by atoms with Gasteiger partial charge in [-0.3, -0.25) is 0 Å². The van der Waals surface area contributed by atoms with Gasteiger partial charge in [-0.1, -0.05) is 42.0 Å². The second kappa shape index (κ2) is 4.80. The number of benzene rings is 1. The Morgan fingerprint density at radius 2 is 1.64 bits per heavy atom. The second-order valence-corrected chi connectivity index (χ2v) is 3.93. The molecule has 74 valence electrons. The lowest BCUT2D eigenvalue weighted by atomic mass is 10.0. The highest BCUT2D eigenvalue weighted by Gasteiger charge is 1.95. The highest BCUT2D eigenvalue weighted by Crippen LogP contribution is 2.14. The first-order valence-electron chi connectivity index (χ1n) is 4.99. The molecule has 0 aliphatic rings. The van der Waals surface area contributed by atoms with Gasteiger partial charge in [-0.25, -0.2) is 0 Å². The fourth-order valence-corrected chi connectivity index (χ4v) is 1.31. The van der Waals surface area contributed by atoms with Gasteiger partial charge in [0.1, 0.15) is 0 Å². The fourth-order valence-electron chi connectivity index (χ4n) is 1.31. The third kappa shape index (κ3) is 3.21. The van der Waals surface area contributed by atoms with Crippen LogP contribution in [0.3, 0.4) is 0 Å². The summed E-state index contributed by atoms with van der Waals surface area (Å²) in [4.78, 5) is 0. The molecule has 0 aliphatic carbocycles. The summed E-state index contributed by atoms with van der Waals surface area (Å²) in [5, 5.41) is 0. The largest absolute Gasteiger partial charge is 0.100 e. The van der Waals surface area contributed by atoms with Gasteiger partial charge < -0.3 is 0 Å². The van der Waals surface area contributed by atoms with Gasteiger partial charge in [-0.15, -0.1) is 6.58 Å². The molecule has 14 heavy (non-hydrogen) atoms. The summed E-state index contributed by atoms with van der Waals surface area (Å²) >= 11 is 0. The third-order valence-corrected chi connectivity index (χ3v) is 2.29. The van der Waals surface area contributed by atoms with Crippen molar-refractivity contribution in [3.05, 3.63) is 54.1 Å². The Labute approximate surface area is 87.0 Å². The number of aryl methyl sites for hydroxylation is 1. The molecule has 0 nitrogen and oxygen atoms in total. The molecule has 0 spiro atoms. The SMILES string of the molecule is C=C(C)CCc1ccc(C(=C)C)cc1. The molecular formula is C14H18. The number of rotatable bonds is 4. The van der Waals surface area contributed by atoms with Gasteiger partial charge in [-0.2, -0.15) is 0 Å². The first-order chi connectivity index (χ1) is 6.59.